The Morgan fingerprint density at radius 1 is 0.674 bits per heavy atom. The van der Waals surface area contributed by atoms with Crippen LogP contribution in [0.4, 0.5) is 5.69 Å². The minimum Gasteiger partial charge on any atom is -1.00 e. The Morgan fingerprint density at radius 3 is 1.60 bits per heavy atom. The number of hydrazone groups is 1. The number of anilines is 1. The zero-order valence-electron chi connectivity index (χ0n) is 23.8. The van der Waals surface area contributed by atoms with Crippen LogP contribution in [0.25, 0.3) is 11.1 Å². The van der Waals surface area contributed by atoms with Gasteiger partial charge in [-0.1, -0.05) is 18.2 Å². The van der Waals surface area contributed by atoms with Crippen LogP contribution in [-0.2, 0) is 9.47 Å². The number of para-hydroxylation sites is 1. The molecule has 3 aliphatic rings. The first kappa shape index (κ1) is 34.0. The molecule has 0 saturated carbocycles. The molecule has 1 aliphatic carbocycles. The lowest BCUT2D eigenvalue weighted by Crippen LogP contribution is -3.14. The van der Waals surface area contributed by atoms with Gasteiger partial charge in [0.25, 0.3) is 0 Å². The van der Waals surface area contributed by atoms with Gasteiger partial charge in [-0.15, -0.1) is 0 Å². The third-order valence-electron chi connectivity index (χ3n) is 7.84. The third kappa shape index (κ3) is 8.43. The minimum absolute atomic E-state index is 0. The molecule has 0 radical (unpaired) electrons. The second-order valence-electron chi connectivity index (χ2n) is 10.5. The molecule has 43 heavy (non-hydrogen) atoms. The van der Waals surface area contributed by atoms with Crippen molar-refractivity contribution in [2.24, 2.45) is 5.10 Å². The summed E-state index contributed by atoms with van der Waals surface area (Å²) in [5.41, 5.74) is 9.33. The molecule has 3 N–H and O–H groups in total. The normalized spacial score (nSPS) is 16.4. The molecule has 2 heterocycles. The predicted octanol–water partition coefficient (Wildman–Crippen LogP) is -3.35. The van der Waals surface area contributed by atoms with Gasteiger partial charge in [-0.05, 0) is 79.4 Å². The molecule has 0 spiro atoms. The number of nitrogens with zero attached hydrogens (tertiary/aromatic N) is 1. The summed E-state index contributed by atoms with van der Waals surface area (Å²) < 4.78 is 25.5. The van der Waals surface area contributed by atoms with Crippen LogP contribution in [0.15, 0.2) is 68.6 Å². The first-order chi connectivity index (χ1) is 20.2. The Morgan fingerprint density at radius 2 is 1.14 bits per heavy atom. The number of nitrogens with one attached hydrogen (secondary N) is 3. The van der Waals surface area contributed by atoms with Crippen LogP contribution in [0, 0.1) is 0 Å². The monoisotopic (exact) mass is 756 g/mol. The zero-order chi connectivity index (χ0) is 28.0. The highest BCUT2D eigenvalue weighted by molar-refractivity contribution is 9.11. The van der Waals surface area contributed by atoms with E-state index in [2.05, 4.69) is 61.6 Å². The molecular weight excluding hydrogens is 723 g/mol. The lowest BCUT2D eigenvalue weighted by atomic mass is 10.1. The van der Waals surface area contributed by atoms with E-state index in [1.165, 1.54) is 9.80 Å². The second kappa shape index (κ2) is 16.4. The van der Waals surface area contributed by atoms with E-state index in [1.807, 2.05) is 30.3 Å². The number of morpholine rings is 2. The van der Waals surface area contributed by atoms with E-state index in [-0.39, 0.29) is 24.8 Å². The maximum atomic E-state index is 6.30. The zero-order valence-corrected chi connectivity index (χ0v) is 28.5. The van der Waals surface area contributed by atoms with Crippen molar-refractivity contribution in [2.75, 3.05) is 84.3 Å². The number of rotatable bonds is 10. The van der Waals surface area contributed by atoms with Crippen molar-refractivity contribution in [3.63, 3.8) is 0 Å². The van der Waals surface area contributed by atoms with Gasteiger partial charge >= 0.3 is 0 Å². The Labute approximate surface area is 282 Å². The first-order valence-corrected chi connectivity index (χ1v) is 15.9. The van der Waals surface area contributed by atoms with Crippen molar-refractivity contribution >= 4 is 43.3 Å². The van der Waals surface area contributed by atoms with E-state index in [4.69, 9.17) is 24.0 Å². The molecule has 8 nitrogen and oxygen atoms in total. The van der Waals surface area contributed by atoms with Crippen LogP contribution >= 0.6 is 31.9 Å². The highest BCUT2D eigenvalue weighted by Gasteiger charge is 2.29. The molecule has 2 aliphatic heterocycles. The fourth-order valence-corrected chi connectivity index (χ4v) is 6.41. The predicted molar refractivity (Wildman–Crippen MR) is 167 cm³/mol. The van der Waals surface area contributed by atoms with E-state index in [9.17, 15) is 0 Å². The molecule has 0 unspecified atom stereocenters. The van der Waals surface area contributed by atoms with Crippen molar-refractivity contribution in [3.05, 3.63) is 74.7 Å². The number of fused-ring (bicyclic) bond motifs is 3. The highest BCUT2D eigenvalue weighted by atomic mass is 79.9. The topological polar surface area (TPSA) is 70.2 Å². The van der Waals surface area contributed by atoms with Crippen molar-refractivity contribution in [1.82, 2.24) is 0 Å². The summed E-state index contributed by atoms with van der Waals surface area (Å²) in [6.45, 7) is 10.6. The number of benzene rings is 3. The average molecular weight is 759 g/mol. The fourth-order valence-electron chi connectivity index (χ4n) is 5.49. The maximum absolute atomic E-state index is 6.30. The Hall–Kier alpha value is -1.89. The van der Waals surface area contributed by atoms with Crippen LogP contribution < -0.4 is 49.5 Å². The summed E-state index contributed by atoms with van der Waals surface area (Å²) >= 11 is 7.55. The molecule has 3 aromatic carbocycles. The van der Waals surface area contributed by atoms with Crippen molar-refractivity contribution in [3.8, 4) is 22.6 Å². The van der Waals surface area contributed by atoms with Gasteiger partial charge in [-0.2, -0.15) is 5.10 Å². The lowest BCUT2D eigenvalue weighted by molar-refractivity contribution is -0.908. The molecule has 12 heteroatoms. The van der Waals surface area contributed by atoms with E-state index in [0.717, 1.165) is 120 Å². The number of ether oxygens (including phenoxy) is 4. The van der Waals surface area contributed by atoms with E-state index in [1.54, 1.807) is 0 Å². The largest absolute Gasteiger partial charge is 1.00 e. The molecule has 2 fully saturated rings. The molecule has 0 aromatic heterocycles. The molecule has 0 atom stereocenters. The first-order valence-electron chi connectivity index (χ1n) is 14.3. The van der Waals surface area contributed by atoms with Gasteiger partial charge in [0, 0.05) is 11.1 Å². The van der Waals surface area contributed by atoms with Crippen LogP contribution in [0.3, 0.4) is 0 Å². The Balaban J connectivity index is 0.00000212. The smallest absolute Gasteiger partial charge is 0.137 e. The average Bonchev–Trinajstić information content (AvgIpc) is 3.28. The SMILES string of the molecule is Brc1cc2c(cc1OCC[NH+]1CCOCC1)C(=NNc1ccccc1)c1cc(OCC[NH+]3CCOCC3)c(Br)cc1-2.[Cl-].[Cl-]. The number of hydrogen-bond donors (Lipinski definition) is 3. The van der Waals surface area contributed by atoms with E-state index >= 15 is 0 Å². The Bertz CT molecular complexity index is 1310. The summed E-state index contributed by atoms with van der Waals surface area (Å²) in [7, 11) is 0. The summed E-state index contributed by atoms with van der Waals surface area (Å²) in [5, 5.41) is 4.91. The van der Waals surface area contributed by atoms with E-state index in [0.29, 0.717) is 13.2 Å². The fraction of sp³-hybridized carbons (Fsp3) is 0.387. The van der Waals surface area contributed by atoms with Crippen LogP contribution in [-0.4, -0.2) is 84.6 Å². The molecule has 6 rings (SSSR count). The van der Waals surface area contributed by atoms with Gasteiger partial charge < -0.3 is 53.6 Å². The van der Waals surface area contributed by atoms with Gasteiger partial charge in [-0.25, -0.2) is 0 Å². The van der Waals surface area contributed by atoms with Crippen molar-refractivity contribution in [1.29, 1.82) is 0 Å². The molecule has 0 amide bonds. The summed E-state index contributed by atoms with van der Waals surface area (Å²) in [5.74, 6) is 1.64. The van der Waals surface area contributed by atoms with Gasteiger partial charge in [0.2, 0.25) is 0 Å². The molecule has 0 bridgehead atoms. The molecule has 3 aromatic rings. The molecule has 232 valence electrons. The maximum Gasteiger partial charge on any atom is 0.137 e. The van der Waals surface area contributed by atoms with Crippen LogP contribution in [0.5, 0.6) is 11.5 Å². The Kier molecular flexibility index (Phi) is 13.0. The number of quaternary nitrogens is 2. The third-order valence-corrected chi connectivity index (χ3v) is 9.08. The quantitative estimate of drug-likeness (QED) is 0.148. The molecule has 2 saturated heterocycles. The summed E-state index contributed by atoms with van der Waals surface area (Å²) in [4.78, 5) is 3.03. The number of hydrogen-bond acceptors (Lipinski definition) is 6. The van der Waals surface area contributed by atoms with E-state index < -0.39 is 0 Å². The van der Waals surface area contributed by atoms with Crippen molar-refractivity contribution in [2.45, 2.75) is 0 Å². The summed E-state index contributed by atoms with van der Waals surface area (Å²) in [6.07, 6.45) is 0. The van der Waals surface area contributed by atoms with Crippen molar-refractivity contribution < 1.29 is 53.6 Å². The summed E-state index contributed by atoms with van der Waals surface area (Å²) in [6, 6.07) is 18.5. The minimum atomic E-state index is 0. The van der Waals surface area contributed by atoms with Gasteiger partial charge in [0.15, 0.2) is 0 Å². The molecular formula is C31H36Br2Cl2N4O4. The van der Waals surface area contributed by atoms with Crippen LogP contribution in [0.2, 0.25) is 0 Å². The van der Waals surface area contributed by atoms with Crippen LogP contribution in [0.1, 0.15) is 11.1 Å². The standard InChI is InChI=1S/C31H34Br2N4O4.2ClH/c32-27-18-23-24-19-28(33)30(41-17-11-37-8-14-39-15-9-37)21-26(24)31(35-34-22-4-2-1-3-5-22)25(23)20-29(27)40-16-10-36-6-12-38-13-7-36;;/h1-5,18-21,34H,6-17H2;2*1H. The number of halogens is 4. The highest BCUT2D eigenvalue weighted by Crippen LogP contribution is 2.45. The van der Waals surface area contributed by atoms with Gasteiger partial charge in [0.1, 0.15) is 64.0 Å². The lowest BCUT2D eigenvalue weighted by Gasteiger charge is -2.23. The second-order valence-corrected chi connectivity index (χ2v) is 12.2. The van der Waals surface area contributed by atoms with Gasteiger partial charge in [0.05, 0.1) is 46.8 Å². The van der Waals surface area contributed by atoms with Gasteiger partial charge in [-0.3, -0.25) is 5.43 Å².